The third-order valence-electron chi connectivity index (χ3n) is 2.91. The van der Waals surface area contributed by atoms with Gasteiger partial charge in [0.25, 0.3) is 0 Å². The lowest BCUT2D eigenvalue weighted by Crippen LogP contribution is -2.26. The van der Waals surface area contributed by atoms with Crippen LogP contribution in [0.3, 0.4) is 0 Å². The Labute approximate surface area is 99.0 Å². The first-order chi connectivity index (χ1) is 7.55. The zero-order chi connectivity index (χ0) is 12.0. The van der Waals surface area contributed by atoms with Gasteiger partial charge in [0, 0.05) is 12.2 Å². The normalized spacial score (nSPS) is 11.5. The molecule has 16 heavy (non-hydrogen) atoms. The molecule has 2 heteroatoms. The van der Waals surface area contributed by atoms with Crippen LogP contribution in [0.1, 0.15) is 32.8 Å². The van der Waals surface area contributed by atoms with Crippen LogP contribution in [-0.2, 0) is 4.74 Å². The van der Waals surface area contributed by atoms with E-state index in [1.165, 1.54) is 11.3 Å². The first-order valence-electron chi connectivity index (χ1n) is 5.98. The molecule has 0 aliphatic carbocycles. The van der Waals surface area contributed by atoms with Crippen molar-refractivity contribution >= 4 is 5.69 Å². The molecule has 90 valence electrons. The molecule has 0 aliphatic rings. The Balaban J connectivity index is 2.29. The number of para-hydroxylation sites is 1. The Morgan fingerprint density at radius 3 is 2.56 bits per heavy atom. The zero-order valence-corrected chi connectivity index (χ0v) is 10.8. The van der Waals surface area contributed by atoms with Gasteiger partial charge in [0.05, 0.1) is 12.2 Å². The molecule has 0 aromatic heterocycles. The summed E-state index contributed by atoms with van der Waals surface area (Å²) in [5.74, 6) is 0. The van der Waals surface area contributed by atoms with Gasteiger partial charge in [0.1, 0.15) is 0 Å². The second-order valence-corrected chi connectivity index (χ2v) is 4.70. The lowest BCUT2D eigenvalue weighted by molar-refractivity contribution is -0.0142. The number of hydrogen-bond acceptors (Lipinski definition) is 2. The summed E-state index contributed by atoms with van der Waals surface area (Å²) in [6.45, 7) is 10.1. The van der Waals surface area contributed by atoms with Crippen molar-refractivity contribution in [2.24, 2.45) is 0 Å². The van der Waals surface area contributed by atoms with E-state index in [1.54, 1.807) is 0 Å². The summed E-state index contributed by atoms with van der Waals surface area (Å²) < 4.78 is 5.78. The largest absolute Gasteiger partial charge is 0.383 e. The van der Waals surface area contributed by atoms with Crippen LogP contribution in [-0.4, -0.2) is 18.8 Å². The molecule has 0 fully saturated rings. The van der Waals surface area contributed by atoms with Crippen LogP contribution >= 0.6 is 0 Å². The molecule has 0 aliphatic heterocycles. The minimum atomic E-state index is -0.00654. The Bertz CT molecular complexity index is 320. The second kappa shape index (κ2) is 5.90. The first kappa shape index (κ1) is 13.0. The maximum absolute atomic E-state index is 5.78. The fourth-order valence-corrected chi connectivity index (χ4v) is 1.39. The van der Waals surface area contributed by atoms with Crippen LogP contribution in [0.5, 0.6) is 0 Å². The SMILES string of the molecule is CCC(C)(C)OCCNc1ccccc1C. The number of ether oxygens (including phenoxy) is 1. The average Bonchev–Trinajstić information content (AvgIpc) is 2.27. The van der Waals surface area contributed by atoms with E-state index in [0.29, 0.717) is 0 Å². The van der Waals surface area contributed by atoms with Crippen molar-refractivity contribution in [3.63, 3.8) is 0 Å². The summed E-state index contributed by atoms with van der Waals surface area (Å²) in [5.41, 5.74) is 2.46. The van der Waals surface area contributed by atoms with E-state index in [2.05, 4.69) is 51.2 Å². The molecule has 1 aromatic rings. The van der Waals surface area contributed by atoms with E-state index in [-0.39, 0.29) is 5.60 Å². The number of aryl methyl sites for hydroxylation is 1. The van der Waals surface area contributed by atoms with Gasteiger partial charge in [-0.3, -0.25) is 0 Å². The molecule has 0 unspecified atom stereocenters. The van der Waals surface area contributed by atoms with Crippen molar-refractivity contribution in [1.82, 2.24) is 0 Å². The van der Waals surface area contributed by atoms with E-state index in [0.717, 1.165) is 19.6 Å². The van der Waals surface area contributed by atoms with Gasteiger partial charge in [-0.05, 0) is 38.8 Å². The van der Waals surface area contributed by atoms with E-state index < -0.39 is 0 Å². The van der Waals surface area contributed by atoms with E-state index in [4.69, 9.17) is 4.74 Å². The summed E-state index contributed by atoms with van der Waals surface area (Å²) in [4.78, 5) is 0. The number of nitrogens with one attached hydrogen (secondary N) is 1. The molecule has 0 radical (unpaired) electrons. The maximum Gasteiger partial charge on any atom is 0.0646 e. The van der Waals surface area contributed by atoms with Gasteiger partial charge in [-0.1, -0.05) is 25.1 Å². The van der Waals surface area contributed by atoms with E-state index in [9.17, 15) is 0 Å². The van der Waals surface area contributed by atoms with Gasteiger partial charge < -0.3 is 10.1 Å². The van der Waals surface area contributed by atoms with Gasteiger partial charge in [-0.2, -0.15) is 0 Å². The van der Waals surface area contributed by atoms with Crippen LogP contribution in [0.4, 0.5) is 5.69 Å². The first-order valence-corrected chi connectivity index (χ1v) is 5.98. The average molecular weight is 221 g/mol. The van der Waals surface area contributed by atoms with Crippen molar-refractivity contribution in [2.45, 2.75) is 39.7 Å². The quantitative estimate of drug-likeness (QED) is 0.741. The standard InChI is InChI=1S/C14H23NO/c1-5-14(3,4)16-11-10-15-13-9-7-6-8-12(13)2/h6-9,15H,5,10-11H2,1-4H3. The zero-order valence-electron chi connectivity index (χ0n) is 10.8. The highest BCUT2D eigenvalue weighted by Crippen LogP contribution is 2.14. The number of hydrogen-bond donors (Lipinski definition) is 1. The number of rotatable bonds is 6. The van der Waals surface area contributed by atoms with Gasteiger partial charge >= 0.3 is 0 Å². The topological polar surface area (TPSA) is 21.3 Å². The van der Waals surface area contributed by atoms with E-state index >= 15 is 0 Å². The highest BCUT2D eigenvalue weighted by molar-refractivity contribution is 5.50. The van der Waals surface area contributed by atoms with Gasteiger partial charge in [-0.15, -0.1) is 0 Å². The predicted molar refractivity (Wildman–Crippen MR) is 70.0 cm³/mol. The summed E-state index contributed by atoms with van der Waals surface area (Å²) in [6.07, 6.45) is 1.04. The summed E-state index contributed by atoms with van der Waals surface area (Å²) >= 11 is 0. The van der Waals surface area contributed by atoms with Crippen molar-refractivity contribution in [2.75, 3.05) is 18.5 Å². The molecule has 0 amide bonds. The van der Waals surface area contributed by atoms with Crippen molar-refractivity contribution in [3.05, 3.63) is 29.8 Å². The lowest BCUT2D eigenvalue weighted by Gasteiger charge is -2.23. The Hall–Kier alpha value is -1.02. The molecule has 0 heterocycles. The Kier molecular flexibility index (Phi) is 4.81. The molecule has 1 aromatic carbocycles. The minimum Gasteiger partial charge on any atom is -0.383 e. The fraction of sp³-hybridized carbons (Fsp3) is 0.571. The van der Waals surface area contributed by atoms with Gasteiger partial charge in [0.15, 0.2) is 0 Å². The molecule has 0 spiro atoms. The fourth-order valence-electron chi connectivity index (χ4n) is 1.39. The molecule has 0 bridgehead atoms. The Morgan fingerprint density at radius 1 is 1.25 bits per heavy atom. The number of anilines is 1. The molecule has 2 nitrogen and oxygen atoms in total. The van der Waals surface area contributed by atoms with Crippen molar-refractivity contribution in [3.8, 4) is 0 Å². The van der Waals surface area contributed by atoms with Crippen LogP contribution in [0.15, 0.2) is 24.3 Å². The highest BCUT2D eigenvalue weighted by atomic mass is 16.5. The van der Waals surface area contributed by atoms with Crippen molar-refractivity contribution in [1.29, 1.82) is 0 Å². The summed E-state index contributed by atoms with van der Waals surface area (Å²) in [5, 5.41) is 3.38. The molecule has 1 N–H and O–H groups in total. The predicted octanol–water partition coefficient (Wildman–Crippen LogP) is 3.61. The molecule has 0 saturated carbocycles. The van der Waals surface area contributed by atoms with Crippen LogP contribution in [0.25, 0.3) is 0 Å². The highest BCUT2D eigenvalue weighted by Gasteiger charge is 2.14. The summed E-state index contributed by atoms with van der Waals surface area (Å²) in [7, 11) is 0. The summed E-state index contributed by atoms with van der Waals surface area (Å²) in [6, 6.07) is 8.31. The van der Waals surface area contributed by atoms with Crippen LogP contribution in [0, 0.1) is 6.92 Å². The molecular weight excluding hydrogens is 198 g/mol. The smallest absolute Gasteiger partial charge is 0.0646 e. The monoisotopic (exact) mass is 221 g/mol. The Morgan fingerprint density at radius 2 is 1.94 bits per heavy atom. The lowest BCUT2D eigenvalue weighted by atomic mass is 10.1. The van der Waals surface area contributed by atoms with Crippen LogP contribution in [0.2, 0.25) is 0 Å². The van der Waals surface area contributed by atoms with Crippen molar-refractivity contribution < 1.29 is 4.74 Å². The number of benzene rings is 1. The van der Waals surface area contributed by atoms with Crippen LogP contribution < -0.4 is 5.32 Å². The third-order valence-corrected chi connectivity index (χ3v) is 2.91. The second-order valence-electron chi connectivity index (χ2n) is 4.70. The molecule has 1 rings (SSSR count). The molecule has 0 atom stereocenters. The molecular formula is C14H23NO. The van der Waals surface area contributed by atoms with Gasteiger partial charge in [-0.25, -0.2) is 0 Å². The minimum absolute atomic E-state index is 0.00654. The van der Waals surface area contributed by atoms with Gasteiger partial charge in [0.2, 0.25) is 0 Å². The van der Waals surface area contributed by atoms with E-state index in [1.807, 2.05) is 6.07 Å². The maximum atomic E-state index is 5.78. The third kappa shape index (κ3) is 4.23. The molecule has 0 saturated heterocycles.